The fourth-order valence-electron chi connectivity index (χ4n) is 2.96. The number of hydrogen-bond donors (Lipinski definition) is 0. The van der Waals surface area contributed by atoms with Crippen molar-refractivity contribution >= 4 is 12.0 Å². The second-order valence-electron chi connectivity index (χ2n) is 6.26. The molecule has 6 heteroatoms. The van der Waals surface area contributed by atoms with Crippen LogP contribution in [0.1, 0.15) is 12.0 Å². The Morgan fingerprint density at radius 3 is 2.44 bits per heavy atom. The zero-order valence-electron chi connectivity index (χ0n) is 14.4. The van der Waals surface area contributed by atoms with Crippen LogP contribution in [0, 0.1) is 0 Å². The summed E-state index contributed by atoms with van der Waals surface area (Å²) >= 11 is 0. The van der Waals surface area contributed by atoms with Crippen LogP contribution < -0.4 is 4.74 Å². The van der Waals surface area contributed by atoms with E-state index >= 15 is 0 Å². The number of amides is 2. The van der Waals surface area contributed by atoms with Crippen LogP contribution in [0.25, 0.3) is 0 Å². The molecule has 2 aromatic rings. The number of aromatic nitrogens is 1. The number of hydrogen-bond acceptors (Lipinski definition) is 3. The van der Waals surface area contributed by atoms with Crippen molar-refractivity contribution in [1.82, 2.24) is 14.4 Å². The largest absolute Gasteiger partial charge is 0.415 e. The molecule has 0 radical (unpaired) electrons. The van der Waals surface area contributed by atoms with Crippen molar-refractivity contribution in [2.75, 3.05) is 26.2 Å². The van der Waals surface area contributed by atoms with E-state index in [4.69, 9.17) is 4.74 Å². The minimum absolute atomic E-state index is 0.101. The summed E-state index contributed by atoms with van der Waals surface area (Å²) in [6.45, 7) is 2.29. The summed E-state index contributed by atoms with van der Waals surface area (Å²) in [7, 11) is 1.94. The van der Waals surface area contributed by atoms with E-state index in [2.05, 4.69) is 0 Å². The van der Waals surface area contributed by atoms with Crippen LogP contribution in [-0.4, -0.2) is 52.5 Å². The van der Waals surface area contributed by atoms with Crippen LogP contribution in [0.4, 0.5) is 4.79 Å². The third-order valence-corrected chi connectivity index (χ3v) is 4.30. The van der Waals surface area contributed by atoms with Crippen LogP contribution in [0.3, 0.4) is 0 Å². The summed E-state index contributed by atoms with van der Waals surface area (Å²) in [4.78, 5) is 28.3. The van der Waals surface area contributed by atoms with E-state index in [0.717, 1.165) is 12.0 Å². The van der Waals surface area contributed by atoms with Crippen LogP contribution in [0.15, 0.2) is 48.8 Å². The minimum atomic E-state index is -0.358. The lowest BCUT2D eigenvalue weighted by molar-refractivity contribution is -0.130. The molecule has 0 bridgehead atoms. The van der Waals surface area contributed by atoms with E-state index in [1.165, 1.54) is 0 Å². The highest BCUT2D eigenvalue weighted by Crippen LogP contribution is 2.13. The van der Waals surface area contributed by atoms with E-state index in [1.54, 1.807) is 17.0 Å². The molecule has 1 fully saturated rings. The standard InChI is InChI=1S/C19H23N3O3/c1-20-11-8-16(15-20)14-18(23)21-9-5-10-22(13-12-21)19(24)25-17-6-3-2-4-7-17/h2-4,6-8,11,15H,5,9-10,12-14H2,1H3. The van der Waals surface area contributed by atoms with Gasteiger partial charge < -0.3 is 19.1 Å². The monoisotopic (exact) mass is 341 g/mol. The maximum absolute atomic E-state index is 12.5. The smallest absolute Gasteiger partial charge is 0.410 e. The summed E-state index contributed by atoms with van der Waals surface area (Å²) < 4.78 is 7.32. The summed E-state index contributed by atoms with van der Waals surface area (Å²) in [6, 6.07) is 11.0. The molecule has 2 heterocycles. The van der Waals surface area contributed by atoms with Gasteiger partial charge in [0.15, 0.2) is 0 Å². The van der Waals surface area contributed by atoms with Crippen molar-refractivity contribution < 1.29 is 14.3 Å². The third kappa shape index (κ3) is 4.62. The van der Waals surface area contributed by atoms with Gasteiger partial charge >= 0.3 is 6.09 Å². The molecule has 1 aromatic heterocycles. The van der Waals surface area contributed by atoms with Crippen molar-refractivity contribution in [3.8, 4) is 5.75 Å². The van der Waals surface area contributed by atoms with E-state index in [-0.39, 0.29) is 12.0 Å². The molecule has 0 spiro atoms. The number of nitrogens with zero attached hydrogens (tertiary/aromatic N) is 3. The quantitative estimate of drug-likeness (QED) is 0.861. The predicted molar refractivity (Wildman–Crippen MR) is 94.4 cm³/mol. The zero-order chi connectivity index (χ0) is 17.6. The van der Waals surface area contributed by atoms with Gasteiger partial charge in [-0.15, -0.1) is 0 Å². The number of ether oxygens (including phenoxy) is 1. The van der Waals surface area contributed by atoms with Crippen LogP contribution in [-0.2, 0) is 18.3 Å². The Labute approximate surface area is 147 Å². The van der Waals surface area contributed by atoms with Gasteiger partial charge in [0.2, 0.25) is 5.91 Å². The first-order valence-electron chi connectivity index (χ1n) is 8.52. The average Bonchev–Trinajstić information content (AvgIpc) is 2.86. The van der Waals surface area contributed by atoms with Gasteiger partial charge in [0.25, 0.3) is 0 Å². The third-order valence-electron chi connectivity index (χ3n) is 4.30. The molecule has 2 amide bonds. The Bertz CT molecular complexity index is 727. The lowest BCUT2D eigenvalue weighted by Crippen LogP contribution is -2.39. The Hall–Kier alpha value is -2.76. The first-order valence-corrected chi connectivity index (χ1v) is 8.52. The number of carbonyl (C=O) groups excluding carboxylic acids is 2. The highest BCUT2D eigenvalue weighted by Gasteiger charge is 2.23. The van der Waals surface area contributed by atoms with Gasteiger partial charge in [-0.1, -0.05) is 18.2 Å². The number of benzene rings is 1. The molecule has 0 atom stereocenters. The van der Waals surface area contributed by atoms with Crippen molar-refractivity contribution in [2.24, 2.45) is 7.05 Å². The van der Waals surface area contributed by atoms with Crippen molar-refractivity contribution in [3.63, 3.8) is 0 Å². The summed E-state index contributed by atoms with van der Waals surface area (Å²) in [5.74, 6) is 0.637. The number of para-hydroxylation sites is 1. The predicted octanol–water partition coefficient (Wildman–Crippen LogP) is 2.30. The molecular formula is C19H23N3O3. The molecule has 3 rings (SSSR count). The van der Waals surface area contributed by atoms with Gasteiger partial charge in [0.05, 0.1) is 6.42 Å². The van der Waals surface area contributed by atoms with Gasteiger partial charge in [-0.05, 0) is 30.2 Å². The summed E-state index contributed by atoms with van der Waals surface area (Å²) in [6.07, 6.45) is 4.69. The van der Waals surface area contributed by atoms with Gasteiger partial charge in [0, 0.05) is 45.6 Å². The Balaban J connectivity index is 1.53. The average molecular weight is 341 g/mol. The second-order valence-corrected chi connectivity index (χ2v) is 6.26. The SMILES string of the molecule is Cn1ccc(CC(=O)N2CCCN(C(=O)Oc3ccccc3)CC2)c1. The van der Waals surface area contributed by atoms with Crippen LogP contribution >= 0.6 is 0 Å². The summed E-state index contributed by atoms with van der Waals surface area (Å²) in [5, 5.41) is 0. The van der Waals surface area contributed by atoms with Crippen LogP contribution in [0.2, 0.25) is 0 Å². The van der Waals surface area contributed by atoms with E-state index < -0.39 is 0 Å². The molecule has 1 saturated heterocycles. The molecule has 0 saturated carbocycles. The van der Waals surface area contributed by atoms with Crippen LogP contribution in [0.5, 0.6) is 5.75 Å². The first kappa shape index (κ1) is 17.1. The molecule has 1 aromatic carbocycles. The number of rotatable bonds is 3. The van der Waals surface area contributed by atoms with E-state index in [1.807, 2.05) is 53.2 Å². The number of carbonyl (C=O) groups is 2. The highest BCUT2D eigenvalue weighted by molar-refractivity contribution is 5.79. The van der Waals surface area contributed by atoms with Gasteiger partial charge in [-0.3, -0.25) is 4.79 Å². The minimum Gasteiger partial charge on any atom is -0.410 e. The molecule has 0 N–H and O–H groups in total. The van der Waals surface area contributed by atoms with Crippen molar-refractivity contribution in [1.29, 1.82) is 0 Å². The Kier molecular flexibility index (Phi) is 5.38. The Morgan fingerprint density at radius 2 is 1.72 bits per heavy atom. The van der Waals surface area contributed by atoms with Gasteiger partial charge in [0.1, 0.15) is 5.75 Å². The highest BCUT2D eigenvalue weighted by atomic mass is 16.6. The van der Waals surface area contributed by atoms with Crippen molar-refractivity contribution in [3.05, 3.63) is 54.4 Å². The molecule has 132 valence electrons. The Morgan fingerprint density at radius 1 is 1.00 bits per heavy atom. The molecule has 1 aliphatic heterocycles. The zero-order valence-corrected chi connectivity index (χ0v) is 14.4. The molecule has 0 unspecified atom stereocenters. The normalized spacial score (nSPS) is 14.9. The molecule has 6 nitrogen and oxygen atoms in total. The second kappa shape index (κ2) is 7.88. The van der Waals surface area contributed by atoms with E-state index in [9.17, 15) is 9.59 Å². The number of aryl methyl sites for hydroxylation is 1. The topological polar surface area (TPSA) is 54.8 Å². The maximum atomic E-state index is 12.5. The van der Waals surface area contributed by atoms with Gasteiger partial charge in [-0.2, -0.15) is 0 Å². The lowest BCUT2D eigenvalue weighted by atomic mass is 10.2. The first-order chi connectivity index (χ1) is 12.1. The molecule has 1 aliphatic rings. The van der Waals surface area contributed by atoms with Crippen molar-refractivity contribution in [2.45, 2.75) is 12.8 Å². The maximum Gasteiger partial charge on any atom is 0.415 e. The van der Waals surface area contributed by atoms with Gasteiger partial charge in [-0.25, -0.2) is 4.79 Å². The van der Waals surface area contributed by atoms with E-state index in [0.29, 0.717) is 38.3 Å². The summed E-state index contributed by atoms with van der Waals surface area (Å²) in [5.41, 5.74) is 1.01. The molecular weight excluding hydrogens is 318 g/mol. The fourth-order valence-corrected chi connectivity index (χ4v) is 2.96. The lowest BCUT2D eigenvalue weighted by Gasteiger charge is -2.21. The fraction of sp³-hybridized carbons (Fsp3) is 0.368. The molecule has 0 aliphatic carbocycles. The molecule has 25 heavy (non-hydrogen) atoms.